The van der Waals surface area contributed by atoms with Crippen LogP contribution in [0.2, 0.25) is 0 Å². The summed E-state index contributed by atoms with van der Waals surface area (Å²) in [6.07, 6.45) is 3.93. The minimum Gasteiger partial charge on any atom is -0.463 e. The van der Waals surface area contributed by atoms with Gasteiger partial charge in [-0.3, -0.25) is 5.43 Å². The van der Waals surface area contributed by atoms with E-state index in [1.807, 2.05) is 6.07 Å². The number of hydrazine groups is 1. The molecule has 0 bridgehead atoms. The summed E-state index contributed by atoms with van der Waals surface area (Å²) < 4.78 is 4.67. The summed E-state index contributed by atoms with van der Waals surface area (Å²) in [5.41, 5.74) is 5.63. The van der Waals surface area contributed by atoms with Gasteiger partial charge in [-0.25, -0.2) is 4.79 Å². The molecule has 0 spiro atoms. The first-order valence-electron chi connectivity index (χ1n) is 4.84. The summed E-state index contributed by atoms with van der Waals surface area (Å²) in [7, 11) is 0. The van der Waals surface area contributed by atoms with Gasteiger partial charge >= 0.3 is 5.97 Å². The summed E-state index contributed by atoms with van der Waals surface area (Å²) in [4.78, 5) is 10.9. The molecule has 1 aromatic rings. The van der Waals surface area contributed by atoms with Crippen molar-refractivity contribution in [2.45, 2.75) is 6.92 Å². The van der Waals surface area contributed by atoms with E-state index < -0.39 is 5.97 Å². The summed E-state index contributed by atoms with van der Waals surface area (Å²) in [6.45, 7) is 2.05. The van der Waals surface area contributed by atoms with Gasteiger partial charge < -0.3 is 10.2 Å². The molecule has 0 amide bonds. The van der Waals surface area contributed by atoms with Crippen molar-refractivity contribution in [1.82, 2.24) is 15.6 Å². The van der Waals surface area contributed by atoms with Gasteiger partial charge in [-0.05, 0) is 6.92 Å². The molecule has 0 fully saturated rings. The van der Waals surface area contributed by atoms with Crippen LogP contribution in [0.5, 0.6) is 0 Å². The third-order valence-electron chi connectivity index (χ3n) is 1.57. The molecule has 0 aliphatic heterocycles. The number of nitrogens with one attached hydrogen (secondary N) is 2. The first-order chi connectivity index (χ1) is 8.26. The largest absolute Gasteiger partial charge is 0.463 e. The monoisotopic (exact) mass is 233 g/mol. The molecule has 1 heterocycles. The summed E-state index contributed by atoms with van der Waals surface area (Å²) >= 11 is 0. The zero-order valence-electron chi connectivity index (χ0n) is 9.17. The fraction of sp³-hybridized carbons (Fsp3) is 0.200. The van der Waals surface area contributed by atoms with E-state index in [0.717, 1.165) is 0 Å². The average molecular weight is 233 g/mol. The number of aromatic nitrogens is 2. The Hall–Kier alpha value is -2.62. The summed E-state index contributed by atoms with van der Waals surface area (Å²) in [5, 5.41) is 15.9. The van der Waals surface area contributed by atoms with Gasteiger partial charge in [0.15, 0.2) is 5.82 Å². The Balaban J connectivity index is 2.41. The zero-order valence-corrected chi connectivity index (χ0v) is 9.17. The molecule has 17 heavy (non-hydrogen) atoms. The van der Waals surface area contributed by atoms with E-state index in [1.54, 1.807) is 6.92 Å². The van der Waals surface area contributed by atoms with Crippen LogP contribution in [0.15, 0.2) is 24.5 Å². The first kappa shape index (κ1) is 12.4. The lowest BCUT2D eigenvalue weighted by atomic mass is 10.3. The molecule has 1 rings (SSSR count). The first-order valence-corrected chi connectivity index (χ1v) is 4.84. The van der Waals surface area contributed by atoms with Crippen molar-refractivity contribution < 1.29 is 9.53 Å². The Labute approximate surface area is 98.1 Å². The van der Waals surface area contributed by atoms with Crippen LogP contribution in [0.3, 0.4) is 0 Å². The van der Waals surface area contributed by atoms with E-state index in [9.17, 15) is 4.79 Å². The molecule has 0 aliphatic carbocycles. The van der Waals surface area contributed by atoms with Crippen LogP contribution in [0, 0.1) is 11.3 Å². The number of nitriles is 1. The van der Waals surface area contributed by atoms with E-state index >= 15 is 0 Å². The lowest BCUT2D eigenvalue weighted by Gasteiger charge is -2.03. The lowest BCUT2D eigenvalue weighted by molar-refractivity contribution is -0.137. The van der Waals surface area contributed by atoms with Gasteiger partial charge in [0.2, 0.25) is 0 Å². The highest BCUT2D eigenvalue weighted by Gasteiger charge is 1.95. The number of ether oxygens (including phenoxy) is 1. The number of nitrogens with zero attached hydrogens (tertiary/aromatic N) is 3. The Morgan fingerprint density at radius 1 is 1.71 bits per heavy atom. The fourth-order valence-electron chi connectivity index (χ4n) is 0.905. The number of rotatable bonds is 5. The van der Waals surface area contributed by atoms with Crippen molar-refractivity contribution in [1.29, 1.82) is 5.26 Å². The van der Waals surface area contributed by atoms with E-state index in [2.05, 4.69) is 25.8 Å². The number of anilines is 1. The van der Waals surface area contributed by atoms with Crippen LogP contribution in [0.1, 0.15) is 12.5 Å². The molecule has 0 saturated heterocycles. The molecule has 88 valence electrons. The molecule has 7 nitrogen and oxygen atoms in total. The Kier molecular flexibility index (Phi) is 4.97. The van der Waals surface area contributed by atoms with Crippen LogP contribution in [-0.4, -0.2) is 22.8 Å². The van der Waals surface area contributed by atoms with E-state index in [1.165, 1.54) is 24.5 Å². The van der Waals surface area contributed by atoms with Gasteiger partial charge in [0.25, 0.3) is 0 Å². The maximum atomic E-state index is 10.9. The zero-order chi connectivity index (χ0) is 12.5. The molecular weight excluding hydrogens is 222 g/mol. The maximum Gasteiger partial charge on any atom is 0.332 e. The van der Waals surface area contributed by atoms with Crippen LogP contribution >= 0.6 is 0 Å². The van der Waals surface area contributed by atoms with Crippen molar-refractivity contribution in [2.24, 2.45) is 0 Å². The fourth-order valence-corrected chi connectivity index (χ4v) is 0.905. The van der Waals surface area contributed by atoms with Gasteiger partial charge in [-0.15, -0.1) is 5.10 Å². The quantitative estimate of drug-likeness (QED) is 0.429. The maximum absolute atomic E-state index is 10.9. The predicted octanol–water partition coefficient (Wildman–Crippen LogP) is 0.342. The average Bonchev–Trinajstić information content (AvgIpc) is 2.35. The molecule has 0 aromatic carbocycles. The molecule has 0 atom stereocenters. The topological polar surface area (TPSA) is 99.9 Å². The normalized spacial score (nSPS) is 9.65. The number of carbonyl (C=O) groups is 1. The molecule has 0 unspecified atom stereocenters. The third-order valence-corrected chi connectivity index (χ3v) is 1.57. The lowest BCUT2D eigenvalue weighted by Crippen LogP contribution is -2.16. The summed E-state index contributed by atoms with van der Waals surface area (Å²) in [6, 6.07) is 3.44. The minimum atomic E-state index is -0.446. The predicted molar refractivity (Wildman–Crippen MR) is 59.3 cm³/mol. The van der Waals surface area contributed by atoms with E-state index in [0.29, 0.717) is 18.0 Å². The Morgan fingerprint density at radius 2 is 2.53 bits per heavy atom. The highest BCUT2D eigenvalue weighted by atomic mass is 16.5. The minimum absolute atomic E-state index is 0.326. The Morgan fingerprint density at radius 3 is 3.24 bits per heavy atom. The van der Waals surface area contributed by atoms with Crippen LogP contribution < -0.4 is 10.9 Å². The standard InChI is InChI=1S/C10H11N5O2/c1-2-17-10(16)3-4-12-14-9-5-8(6-11)7-13-15-9/h3-5,7,12H,2H2,1H3,(H,14,15)/b4-3+. The van der Waals surface area contributed by atoms with Crippen molar-refractivity contribution in [3.63, 3.8) is 0 Å². The number of esters is 1. The number of hydrogen-bond acceptors (Lipinski definition) is 7. The molecule has 0 aliphatic rings. The van der Waals surface area contributed by atoms with E-state index in [-0.39, 0.29) is 0 Å². The molecule has 7 heteroatoms. The molecule has 2 N–H and O–H groups in total. The van der Waals surface area contributed by atoms with Gasteiger partial charge in [0.1, 0.15) is 6.07 Å². The highest BCUT2D eigenvalue weighted by molar-refractivity contribution is 5.81. The van der Waals surface area contributed by atoms with Gasteiger partial charge in [-0.2, -0.15) is 10.4 Å². The second kappa shape index (κ2) is 6.79. The summed E-state index contributed by atoms with van der Waals surface area (Å²) in [5.74, 6) is -0.0729. The smallest absolute Gasteiger partial charge is 0.332 e. The number of carbonyl (C=O) groups excluding carboxylic acids is 1. The van der Waals surface area contributed by atoms with Gasteiger partial charge in [0, 0.05) is 18.3 Å². The Bertz CT molecular complexity index is 452. The molecular formula is C10H11N5O2. The van der Waals surface area contributed by atoms with Crippen molar-refractivity contribution >= 4 is 11.8 Å². The van der Waals surface area contributed by atoms with E-state index in [4.69, 9.17) is 5.26 Å². The van der Waals surface area contributed by atoms with Crippen molar-refractivity contribution in [3.05, 3.63) is 30.1 Å². The van der Waals surface area contributed by atoms with Crippen LogP contribution in [-0.2, 0) is 9.53 Å². The second-order valence-electron chi connectivity index (χ2n) is 2.80. The highest BCUT2D eigenvalue weighted by Crippen LogP contribution is 2.01. The number of hydrogen-bond donors (Lipinski definition) is 2. The third kappa shape index (κ3) is 4.61. The van der Waals surface area contributed by atoms with Crippen LogP contribution in [0.25, 0.3) is 0 Å². The SMILES string of the molecule is CCOC(=O)/C=C/NNc1cc(C#N)cnn1. The molecule has 0 saturated carbocycles. The molecule has 1 aromatic heterocycles. The van der Waals surface area contributed by atoms with Gasteiger partial charge in [0.05, 0.1) is 18.4 Å². The van der Waals surface area contributed by atoms with Gasteiger partial charge in [-0.1, -0.05) is 0 Å². The van der Waals surface area contributed by atoms with Crippen molar-refractivity contribution in [3.8, 4) is 6.07 Å². The van der Waals surface area contributed by atoms with Crippen LogP contribution in [0.4, 0.5) is 5.82 Å². The second-order valence-corrected chi connectivity index (χ2v) is 2.80. The van der Waals surface area contributed by atoms with Crippen molar-refractivity contribution in [2.75, 3.05) is 12.0 Å². The molecule has 0 radical (unpaired) electrons.